The van der Waals surface area contributed by atoms with Gasteiger partial charge >= 0.3 is 6.18 Å². The minimum absolute atomic E-state index is 0.119. The molecule has 1 saturated carbocycles. The van der Waals surface area contributed by atoms with Crippen molar-refractivity contribution >= 4 is 21.8 Å². The minimum atomic E-state index is -4.81. The van der Waals surface area contributed by atoms with Crippen molar-refractivity contribution in [1.29, 1.82) is 0 Å². The molecule has 1 aliphatic rings. The molecule has 0 spiro atoms. The molecule has 0 radical (unpaired) electrons. The normalized spacial score (nSPS) is 16.9. The van der Waals surface area contributed by atoms with Gasteiger partial charge in [0, 0.05) is 16.9 Å². The smallest absolute Gasteiger partial charge is 0.351 e. The van der Waals surface area contributed by atoms with Gasteiger partial charge in [0.15, 0.2) is 0 Å². The molecule has 0 heterocycles. The van der Waals surface area contributed by atoms with Gasteiger partial charge in [-0.3, -0.25) is 4.79 Å². The van der Waals surface area contributed by atoms with Crippen molar-refractivity contribution in [2.45, 2.75) is 23.8 Å². The van der Waals surface area contributed by atoms with Gasteiger partial charge < -0.3 is 5.32 Å². The van der Waals surface area contributed by atoms with Crippen molar-refractivity contribution in [3.8, 4) is 0 Å². The van der Waals surface area contributed by atoms with E-state index in [0.29, 0.717) is 24.6 Å². The van der Waals surface area contributed by atoms with Gasteiger partial charge in [-0.1, -0.05) is 15.9 Å². The maximum absolute atomic E-state index is 13.1. The second-order valence-corrected chi connectivity index (χ2v) is 5.93. The van der Waals surface area contributed by atoms with Crippen LogP contribution in [0.4, 0.5) is 17.6 Å². The van der Waals surface area contributed by atoms with E-state index < -0.39 is 23.5 Å². The van der Waals surface area contributed by atoms with E-state index in [4.69, 9.17) is 0 Å². The summed E-state index contributed by atoms with van der Waals surface area (Å²) in [5, 5.41) is 2.54. The fourth-order valence-electron chi connectivity index (χ4n) is 1.80. The van der Waals surface area contributed by atoms with Crippen LogP contribution in [0.3, 0.4) is 0 Å². The molecule has 1 unspecified atom stereocenters. The zero-order chi connectivity index (χ0) is 14.9. The van der Waals surface area contributed by atoms with E-state index in [9.17, 15) is 22.4 Å². The number of benzene rings is 1. The van der Waals surface area contributed by atoms with Gasteiger partial charge in [0.05, 0.1) is 5.56 Å². The third-order valence-corrected chi connectivity index (χ3v) is 4.20. The summed E-state index contributed by atoms with van der Waals surface area (Å²) in [7, 11) is 0. The van der Waals surface area contributed by atoms with Crippen molar-refractivity contribution in [2.24, 2.45) is 5.92 Å². The van der Waals surface area contributed by atoms with Crippen LogP contribution in [0.2, 0.25) is 0 Å². The Hall–Kier alpha value is -1.11. The first kappa shape index (κ1) is 15.3. The number of carbonyl (C=O) groups is 1. The molecular formula is C13H12BrF4NO. The molecule has 1 N–H and O–H groups in total. The maximum atomic E-state index is 13.1. The van der Waals surface area contributed by atoms with Crippen LogP contribution in [-0.2, 0) is 6.18 Å². The van der Waals surface area contributed by atoms with Gasteiger partial charge in [-0.2, -0.15) is 13.2 Å². The van der Waals surface area contributed by atoms with Crippen molar-refractivity contribution in [2.75, 3.05) is 6.54 Å². The Morgan fingerprint density at radius 2 is 2.05 bits per heavy atom. The molecule has 1 amide bonds. The van der Waals surface area contributed by atoms with Crippen LogP contribution in [-0.4, -0.2) is 17.3 Å². The zero-order valence-electron chi connectivity index (χ0n) is 10.3. The summed E-state index contributed by atoms with van der Waals surface area (Å²) in [6, 6.07) is 2.23. The third kappa shape index (κ3) is 3.71. The topological polar surface area (TPSA) is 29.1 Å². The molecule has 0 bridgehead atoms. The molecule has 1 aliphatic carbocycles. The SMILES string of the molecule is O=C(NCC(Br)C1CC1)c1ccc(F)c(C(F)(F)F)c1. The fourth-order valence-corrected chi connectivity index (χ4v) is 2.49. The summed E-state index contributed by atoms with van der Waals surface area (Å²) in [6.45, 7) is 0.336. The van der Waals surface area contributed by atoms with E-state index in [0.717, 1.165) is 18.9 Å². The van der Waals surface area contributed by atoms with Gasteiger partial charge in [-0.15, -0.1) is 0 Å². The summed E-state index contributed by atoms with van der Waals surface area (Å²) < 4.78 is 50.7. The highest BCUT2D eigenvalue weighted by atomic mass is 79.9. The highest BCUT2D eigenvalue weighted by molar-refractivity contribution is 9.09. The fraction of sp³-hybridized carbons (Fsp3) is 0.462. The van der Waals surface area contributed by atoms with Crippen molar-refractivity contribution in [1.82, 2.24) is 5.32 Å². The largest absolute Gasteiger partial charge is 0.419 e. The van der Waals surface area contributed by atoms with Crippen molar-refractivity contribution in [3.63, 3.8) is 0 Å². The van der Waals surface area contributed by atoms with Crippen LogP contribution in [0, 0.1) is 11.7 Å². The molecule has 0 aromatic heterocycles. The van der Waals surface area contributed by atoms with Crippen LogP contribution in [0.15, 0.2) is 18.2 Å². The first-order valence-electron chi connectivity index (χ1n) is 6.08. The van der Waals surface area contributed by atoms with Crippen LogP contribution in [0.25, 0.3) is 0 Å². The lowest BCUT2D eigenvalue weighted by Gasteiger charge is -2.12. The number of halogens is 5. The van der Waals surface area contributed by atoms with E-state index in [2.05, 4.69) is 21.2 Å². The Bertz CT molecular complexity index is 514. The molecule has 7 heteroatoms. The summed E-state index contributed by atoms with van der Waals surface area (Å²) >= 11 is 3.41. The molecule has 1 aromatic rings. The van der Waals surface area contributed by atoms with Crippen molar-refractivity contribution < 1.29 is 22.4 Å². The molecule has 20 heavy (non-hydrogen) atoms. The second kappa shape index (κ2) is 5.71. The standard InChI is InChI=1S/C13H12BrF4NO/c14-10(7-1-2-7)6-19-12(20)8-3-4-11(15)9(5-8)13(16,17)18/h3-5,7,10H,1-2,6H2,(H,19,20). The Kier molecular flexibility index (Phi) is 4.36. The van der Waals surface area contributed by atoms with Crippen molar-refractivity contribution in [3.05, 3.63) is 35.1 Å². The van der Waals surface area contributed by atoms with E-state index >= 15 is 0 Å². The van der Waals surface area contributed by atoms with Crippen LogP contribution < -0.4 is 5.32 Å². The van der Waals surface area contributed by atoms with E-state index in [1.54, 1.807) is 0 Å². The number of nitrogens with one attached hydrogen (secondary N) is 1. The minimum Gasteiger partial charge on any atom is -0.351 e. The van der Waals surface area contributed by atoms with E-state index in [1.165, 1.54) is 0 Å². The molecule has 2 nitrogen and oxygen atoms in total. The van der Waals surface area contributed by atoms with Gasteiger partial charge in [0.2, 0.25) is 0 Å². The lowest BCUT2D eigenvalue weighted by Crippen LogP contribution is -2.30. The summed E-state index contributed by atoms with van der Waals surface area (Å²) in [5.74, 6) is -1.51. The molecule has 0 saturated heterocycles. The van der Waals surface area contributed by atoms with Gasteiger partial charge in [0.25, 0.3) is 5.91 Å². The highest BCUT2D eigenvalue weighted by Crippen LogP contribution is 2.36. The number of amides is 1. The Labute approximate surface area is 121 Å². The Balaban J connectivity index is 2.06. The number of rotatable bonds is 4. The average molecular weight is 354 g/mol. The quantitative estimate of drug-likeness (QED) is 0.648. The number of alkyl halides is 4. The lowest BCUT2D eigenvalue weighted by atomic mass is 10.1. The molecule has 1 fully saturated rings. The van der Waals surface area contributed by atoms with Gasteiger partial charge in [-0.25, -0.2) is 4.39 Å². The van der Waals surface area contributed by atoms with Gasteiger partial charge in [-0.05, 0) is 37.0 Å². The summed E-state index contributed by atoms with van der Waals surface area (Å²) in [4.78, 5) is 11.9. The Morgan fingerprint density at radius 3 is 2.60 bits per heavy atom. The highest BCUT2D eigenvalue weighted by Gasteiger charge is 2.35. The first-order valence-corrected chi connectivity index (χ1v) is 6.99. The summed E-state index contributed by atoms with van der Waals surface area (Å²) in [5.41, 5.74) is -1.63. The van der Waals surface area contributed by atoms with Crippen LogP contribution >= 0.6 is 15.9 Å². The molecule has 0 aliphatic heterocycles. The van der Waals surface area contributed by atoms with Crippen LogP contribution in [0.5, 0.6) is 0 Å². The number of carbonyl (C=O) groups excluding carboxylic acids is 1. The average Bonchev–Trinajstić information content (AvgIpc) is 3.18. The van der Waals surface area contributed by atoms with E-state index in [1.807, 2.05) is 0 Å². The van der Waals surface area contributed by atoms with Crippen LogP contribution in [0.1, 0.15) is 28.8 Å². The third-order valence-electron chi connectivity index (χ3n) is 3.13. The zero-order valence-corrected chi connectivity index (χ0v) is 11.9. The second-order valence-electron chi connectivity index (χ2n) is 4.76. The predicted molar refractivity (Wildman–Crippen MR) is 69.2 cm³/mol. The van der Waals surface area contributed by atoms with Gasteiger partial charge in [0.1, 0.15) is 5.82 Å². The van der Waals surface area contributed by atoms with E-state index in [-0.39, 0.29) is 10.4 Å². The number of hydrogen-bond donors (Lipinski definition) is 1. The Morgan fingerprint density at radius 1 is 1.40 bits per heavy atom. The molecular weight excluding hydrogens is 342 g/mol. The molecule has 110 valence electrons. The maximum Gasteiger partial charge on any atom is 0.419 e. The monoisotopic (exact) mass is 353 g/mol. The first-order chi connectivity index (χ1) is 9.29. The predicted octanol–water partition coefficient (Wildman–Crippen LogP) is 3.75. The lowest BCUT2D eigenvalue weighted by molar-refractivity contribution is -0.140. The molecule has 2 rings (SSSR count). The summed E-state index contributed by atoms with van der Waals surface area (Å²) in [6.07, 6.45) is -2.65. The number of hydrogen-bond acceptors (Lipinski definition) is 1. The molecule has 1 aromatic carbocycles. The molecule has 1 atom stereocenters.